The van der Waals surface area contributed by atoms with Crippen LogP contribution in [0.25, 0.3) is 0 Å². The summed E-state index contributed by atoms with van der Waals surface area (Å²) in [6.45, 7) is 0.308. The molecule has 0 atom stereocenters. The van der Waals surface area contributed by atoms with Crippen molar-refractivity contribution in [1.29, 1.82) is 0 Å². The highest BCUT2D eigenvalue weighted by molar-refractivity contribution is 9.10. The molecule has 0 amide bonds. The van der Waals surface area contributed by atoms with Crippen LogP contribution in [0, 0.1) is 0 Å². The lowest BCUT2D eigenvalue weighted by Gasteiger charge is -2.08. The van der Waals surface area contributed by atoms with Gasteiger partial charge in [-0.25, -0.2) is 0 Å². The lowest BCUT2D eigenvalue weighted by molar-refractivity contribution is 0.299. The van der Waals surface area contributed by atoms with E-state index >= 15 is 0 Å². The number of ether oxygens (including phenoxy) is 1. The fourth-order valence-electron chi connectivity index (χ4n) is 1.42. The third-order valence-corrected chi connectivity index (χ3v) is 2.79. The van der Waals surface area contributed by atoms with E-state index in [-0.39, 0.29) is 5.75 Å². The molecule has 3 nitrogen and oxygen atoms in total. The number of phenols is 1. The molecule has 88 valence electrons. The van der Waals surface area contributed by atoms with Crippen molar-refractivity contribution in [2.75, 3.05) is 5.73 Å². The van der Waals surface area contributed by atoms with Crippen molar-refractivity contribution in [3.63, 3.8) is 0 Å². The zero-order valence-corrected chi connectivity index (χ0v) is 10.6. The molecule has 0 saturated carbocycles. The molecule has 0 aromatic heterocycles. The lowest BCUT2D eigenvalue weighted by atomic mass is 10.2. The van der Waals surface area contributed by atoms with Crippen molar-refractivity contribution in [3.8, 4) is 11.5 Å². The van der Waals surface area contributed by atoms with E-state index in [0.717, 1.165) is 10.2 Å². The van der Waals surface area contributed by atoms with Gasteiger partial charge in [0.15, 0.2) is 0 Å². The van der Waals surface area contributed by atoms with Gasteiger partial charge in [0.2, 0.25) is 0 Å². The second-order valence-corrected chi connectivity index (χ2v) is 4.55. The molecule has 0 unspecified atom stereocenters. The number of hydrogen-bond donors (Lipinski definition) is 2. The summed E-state index contributed by atoms with van der Waals surface area (Å²) in [6.07, 6.45) is 0. The summed E-state index contributed by atoms with van der Waals surface area (Å²) in [5.74, 6) is 0.899. The highest BCUT2D eigenvalue weighted by Crippen LogP contribution is 2.23. The summed E-state index contributed by atoms with van der Waals surface area (Å²) in [4.78, 5) is 0. The summed E-state index contributed by atoms with van der Waals surface area (Å²) in [5.41, 5.74) is 6.79. The molecular weight excluding hydrogens is 282 g/mol. The first-order valence-corrected chi connectivity index (χ1v) is 5.90. The van der Waals surface area contributed by atoms with Crippen molar-refractivity contribution in [2.45, 2.75) is 6.61 Å². The normalized spacial score (nSPS) is 10.2. The molecule has 17 heavy (non-hydrogen) atoms. The van der Waals surface area contributed by atoms with Crippen molar-refractivity contribution < 1.29 is 9.84 Å². The smallest absolute Gasteiger partial charge is 0.124 e. The third-order valence-electron chi connectivity index (χ3n) is 2.30. The molecule has 0 aliphatic heterocycles. The Hall–Kier alpha value is -1.68. The Morgan fingerprint density at radius 3 is 2.71 bits per heavy atom. The summed E-state index contributed by atoms with van der Waals surface area (Å²) in [6, 6.07) is 12.5. The molecule has 0 heterocycles. The molecular formula is C13H12BrNO2. The zero-order valence-electron chi connectivity index (χ0n) is 9.06. The van der Waals surface area contributed by atoms with Crippen molar-refractivity contribution in [1.82, 2.24) is 0 Å². The molecule has 0 spiro atoms. The number of hydrogen-bond acceptors (Lipinski definition) is 3. The number of nitrogen functional groups attached to an aromatic ring is 1. The van der Waals surface area contributed by atoms with Gasteiger partial charge >= 0.3 is 0 Å². The third kappa shape index (κ3) is 3.14. The molecule has 0 fully saturated rings. The quantitative estimate of drug-likeness (QED) is 0.854. The Morgan fingerprint density at radius 1 is 1.18 bits per heavy atom. The summed E-state index contributed by atoms with van der Waals surface area (Å²) >= 11 is 3.37. The second-order valence-electron chi connectivity index (χ2n) is 3.63. The number of rotatable bonds is 3. The van der Waals surface area contributed by atoms with Gasteiger partial charge in [-0.3, -0.25) is 0 Å². The van der Waals surface area contributed by atoms with E-state index < -0.39 is 0 Å². The van der Waals surface area contributed by atoms with E-state index in [1.54, 1.807) is 12.1 Å². The van der Waals surface area contributed by atoms with Crippen LogP contribution in [0.4, 0.5) is 5.69 Å². The Labute approximate surface area is 108 Å². The first-order chi connectivity index (χ1) is 8.15. The van der Waals surface area contributed by atoms with E-state index in [1.807, 2.05) is 24.3 Å². The maximum absolute atomic E-state index is 9.65. The molecule has 0 saturated heterocycles. The van der Waals surface area contributed by atoms with E-state index in [4.69, 9.17) is 10.5 Å². The van der Waals surface area contributed by atoms with Crippen molar-refractivity contribution in [3.05, 3.63) is 52.5 Å². The maximum Gasteiger partial charge on any atom is 0.124 e. The Balaban J connectivity index is 2.07. The number of nitrogens with two attached hydrogens (primary N) is 1. The molecule has 0 aliphatic rings. The predicted octanol–water partition coefficient (Wildman–Crippen LogP) is 3.32. The molecule has 2 rings (SSSR count). The van der Waals surface area contributed by atoms with Gasteiger partial charge in [0.25, 0.3) is 0 Å². The van der Waals surface area contributed by atoms with Crippen LogP contribution in [0.2, 0.25) is 0 Å². The molecule has 2 aromatic carbocycles. The molecule has 0 aliphatic carbocycles. The Morgan fingerprint density at radius 2 is 2.00 bits per heavy atom. The fraction of sp³-hybridized carbons (Fsp3) is 0.0769. The van der Waals surface area contributed by atoms with Gasteiger partial charge in [0, 0.05) is 21.8 Å². The minimum Gasteiger partial charge on any atom is -0.507 e. The molecule has 3 N–H and O–H groups in total. The van der Waals surface area contributed by atoms with Crippen molar-refractivity contribution >= 4 is 21.6 Å². The predicted molar refractivity (Wildman–Crippen MR) is 71.0 cm³/mol. The van der Waals surface area contributed by atoms with Gasteiger partial charge in [-0.2, -0.15) is 0 Å². The number of phenolic OH excluding ortho intramolecular Hbond substituents is 1. The number of benzene rings is 2. The van der Waals surface area contributed by atoms with E-state index in [0.29, 0.717) is 17.9 Å². The monoisotopic (exact) mass is 293 g/mol. The average Bonchev–Trinajstić information content (AvgIpc) is 2.28. The molecule has 0 bridgehead atoms. The van der Waals surface area contributed by atoms with Crippen LogP contribution in [0.1, 0.15) is 5.56 Å². The van der Waals surface area contributed by atoms with Crippen LogP contribution in [-0.4, -0.2) is 5.11 Å². The highest BCUT2D eigenvalue weighted by Gasteiger charge is 2.02. The Kier molecular flexibility index (Phi) is 3.54. The van der Waals surface area contributed by atoms with Crippen LogP contribution >= 0.6 is 15.9 Å². The molecule has 4 heteroatoms. The van der Waals surface area contributed by atoms with E-state index in [9.17, 15) is 5.11 Å². The number of halogens is 1. The SMILES string of the molecule is Nc1ccc(COc2cccc(Br)c2)c(O)c1. The van der Waals surface area contributed by atoms with Crippen LogP contribution in [-0.2, 0) is 6.61 Å². The van der Waals surface area contributed by atoms with E-state index in [1.165, 1.54) is 6.07 Å². The van der Waals surface area contributed by atoms with Crippen LogP contribution in [0.5, 0.6) is 11.5 Å². The lowest BCUT2D eigenvalue weighted by Crippen LogP contribution is -1.96. The largest absolute Gasteiger partial charge is 0.507 e. The standard InChI is InChI=1S/C13H12BrNO2/c14-10-2-1-3-12(6-10)17-8-9-4-5-11(15)7-13(9)16/h1-7,16H,8,15H2. The average molecular weight is 294 g/mol. The molecule has 2 aromatic rings. The first kappa shape index (κ1) is 11.8. The van der Waals surface area contributed by atoms with Gasteiger partial charge in [-0.15, -0.1) is 0 Å². The van der Waals surface area contributed by atoms with E-state index in [2.05, 4.69) is 15.9 Å². The first-order valence-electron chi connectivity index (χ1n) is 5.11. The summed E-state index contributed by atoms with van der Waals surface area (Å²) < 4.78 is 6.52. The highest BCUT2D eigenvalue weighted by atomic mass is 79.9. The van der Waals surface area contributed by atoms with Crippen LogP contribution in [0.15, 0.2) is 46.9 Å². The number of aromatic hydroxyl groups is 1. The second kappa shape index (κ2) is 5.10. The van der Waals surface area contributed by atoms with Crippen molar-refractivity contribution in [2.24, 2.45) is 0 Å². The van der Waals surface area contributed by atoms with Gasteiger partial charge in [0.05, 0.1) is 0 Å². The fourth-order valence-corrected chi connectivity index (χ4v) is 1.80. The number of anilines is 1. The van der Waals surface area contributed by atoms with Gasteiger partial charge in [-0.05, 0) is 30.3 Å². The van der Waals surface area contributed by atoms with Gasteiger partial charge < -0.3 is 15.6 Å². The minimum absolute atomic E-state index is 0.153. The topological polar surface area (TPSA) is 55.5 Å². The summed E-state index contributed by atoms with van der Waals surface area (Å²) in [7, 11) is 0. The van der Waals surface area contributed by atoms with Gasteiger partial charge in [-0.1, -0.05) is 22.0 Å². The zero-order chi connectivity index (χ0) is 12.3. The minimum atomic E-state index is 0.153. The van der Waals surface area contributed by atoms with Crippen LogP contribution < -0.4 is 10.5 Å². The Bertz CT molecular complexity index is 529. The maximum atomic E-state index is 9.65. The summed E-state index contributed by atoms with van der Waals surface area (Å²) in [5, 5.41) is 9.65. The molecule has 0 radical (unpaired) electrons. The van der Waals surface area contributed by atoms with Gasteiger partial charge in [0.1, 0.15) is 18.1 Å². The van der Waals surface area contributed by atoms with Crippen LogP contribution in [0.3, 0.4) is 0 Å².